The summed E-state index contributed by atoms with van der Waals surface area (Å²) in [5.74, 6) is 0.897. The van der Waals surface area contributed by atoms with Crippen LogP contribution in [0.2, 0.25) is 0 Å². The lowest BCUT2D eigenvalue weighted by atomic mass is 10.1. The average molecular weight is 350 g/mol. The third-order valence-corrected chi connectivity index (χ3v) is 4.89. The number of amides is 1. The zero-order chi connectivity index (χ0) is 17.4. The van der Waals surface area contributed by atoms with E-state index in [1.54, 1.807) is 43.1 Å². The highest BCUT2D eigenvalue weighted by atomic mass is 32.1. The molecule has 25 heavy (non-hydrogen) atoms. The fourth-order valence-electron chi connectivity index (χ4n) is 2.45. The van der Waals surface area contributed by atoms with E-state index in [9.17, 15) is 4.79 Å². The molecule has 0 fully saturated rings. The van der Waals surface area contributed by atoms with Crippen LogP contribution in [-0.4, -0.2) is 28.1 Å². The summed E-state index contributed by atoms with van der Waals surface area (Å²) in [5.41, 5.74) is 2.24. The predicted molar refractivity (Wildman–Crippen MR) is 96.8 cm³/mol. The van der Waals surface area contributed by atoms with Crippen molar-refractivity contribution in [1.82, 2.24) is 15.1 Å². The van der Waals surface area contributed by atoms with Crippen LogP contribution in [0.5, 0.6) is 0 Å². The molecule has 6 nitrogen and oxygen atoms in total. The highest BCUT2D eigenvalue weighted by Crippen LogP contribution is 2.29. The minimum atomic E-state index is -0.118. The molecule has 0 atom stereocenters. The van der Waals surface area contributed by atoms with E-state index in [0.29, 0.717) is 22.4 Å². The van der Waals surface area contributed by atoms with Gasteiger partial charge in [0.2, 0.25) is 0 Å². The first-order valence-corrected chi connectivity index (χ1v) is 8.48. The molecule has 0 aliphatic carbocycles. The van der Waals surface area contributed by atoms with Crippen molar-refractivity contribution in [3.63, 3.8) is 0 Å². The molecule has 0 bridgehead atoms. The number of para-hydroxylation sites is 1. The monoisotopic (exact) mass is 350 g/mol. The fraction of sp³-hybridized carbons (Fsp3) is 0.111. The molecule has 2 heterocycles. The van der Waals surface area contributed by atoms with Crippen molar-refractivity contribution < 1.29 is 9.32 Å². The van der Waals surface area contributed by atoms with Crippen molar-refractivity contribution in [2.45, 2.75) is 6.92 Å². The number of aryl methyl sites for hydroxylation is 1. The summed E-state index contributed by atoms with van der Waals surface area (Å²) in [5, 5.41) is 4.44. The molecule has 0 aliphatic heterocycles. The lowest BCUT2D eigenvalue weighted by Gasteiger charge is -2.13. The van der Waals surface area contributed by atoms with E-state index >= 15 is 0 Å². The first kappa shape index (κ1) is 15.5. The molecule has 0 radical (unpaired) electrons. The molecular weight excluding hydrogens is 336 g/mol. The van der Waals surface area contributed by atoms with E-state index in [4.69, 9.17) is 4.52 Å². The first-order chi connectivity index (χ1) is 12.1. The van der Waals surface area contributed by atoms with Crippen molar-refractivity contribution in [3.8, 4) is 11.5 Å². The number of thiazole rings is 1. The van der Waals surface area contributed by atoms with Gasteiger partial charge < -0.3 is 4.52 Å². The molecule has 0 saturated heterocycles. The Morgan fingerprint density at radius 3 is 2.52 bits per heavy atom. The second kappa shape index (κ2) is 6.10. The largest absolute Gasteiger partial charge is 0.334 e. The van der Waals surface area contributed by atoms with Crippen LogP contribution in [0.3, 0.4) is 0 Å². The van der Waals surface area contributed by atoms with Gasteiger partial charge in [0.05, 0.1) is 10.2 Å². The van der Waals surface area contributed by atoms with Crippen LogP contribution in [0.15, 0.2) is 53.1 Å². The maximum absolute atomic E-state index is 12.7. The molecule has 0 unspecified atom stereocenters. The summed E-state index contributed by atoms with van der Waals surface area (Å²) in [6.45, 7) is 1.76. The minimum absolute atomic E-state index is 0.118. The molecule has 0 aliphatic rings. The highest BCUT2D eigenvalue weighted by molar-refractivity contribution is 7.22. The lowest BCUT2D eigenvalue weighted by molar-refractivity contribution is 0.0993. The van der Waals surface area contributed by atoms with Crippen LogP contribution in [0.25, 0.3) is 21.7 Å². The summed E-state index contributed by atoms with van der Waals surface area (Å²) < 4.78 is 6.19. The number of aromatic nitrogens is 3. The average Bonchev–Trinajstić information content (AvgIpc) is 3.26. The van der Waals surface area contributed by atoms with Gasteiger partial charge in [0.1, 0.15) is 0 Å². The van der Waals surface area contributed by atoms with Gasteiger partial charge in [0, 0.05) is 18.2 Å². The van der Waals surface area contributed by atoms with E-state index in [1.807, 2.05) is 24.3 Å². The Balaban J connectivity index is 1.59. The van der Waals surface area contributed by atoms with Gasteiger partial charge in [-0.05, 0) is 43.3 Å². The Morgan fingerprint density at radius 2 is 1.84 bits per heavy atom. The first-order valence-electron chi connectivity index (χ1n) is 7.66. The van der Waals surface area contributed by atoms with Gasteiger partial charge in [-0.2, -0.15) is 4.98 Å². The van der Waals surface area contributed by atoms with Gasteiger partial charge in [0.15, 0.2) is 11.0 Å². The van der Waals surface area contributed by atoms with Gasteiger partial charge in [-0.1, -0.05) is 28.6 Å². The predicted octanol–water partition coefficient (Wildman–Crippen LogP) is 3.93. The summed E-state index contributed by atoms with van der Waals surface area (Å²) in [4.78, 5) is 23.0. The molecule has 124 valence electrons. The van der Waals surface area contributed by atoms with Crippen molar-refractivity contribution in [1.29, 1.82) is 0 Å². The molecule has 4 aromatic rings. The number of benzene rings is 2. The number of fused-ring (bicyclic) bond motifs is 1. The third-order valence-electron chi connectivity index (χ3n) is 3.78. The topological polar surface area (TPSA) is 72.1 Å². The minimum Gasteiger partial charge on any atom is -0.334 e. The second-order valence-corrected chi connectivity index (χ2v) is 6.56. The number of carbonyl (C=O) groups is 1. The number of hydrogen-bond donors (Lipinski definition) is 0. The fourth-order valence-corrected chi connectivity index (χ4v) is 3.38. The Labute approximate surface area is 147 Å². The summed E-state index contributed by atoms with van der Waals surface area (Å²) in [6, 6.07) is 14.9. The Bertz CT molecular complexity index is 1020. The Morgan fingerprint density at radius 1 is 1.08 bits per heavy atom. The van der Waals surface area contributed by atoms with Gasteiger partial charge in [-0.25, -0.2) is 4.98 Å². The van der Waals surface area contributed by atoms with Crippen LogP contribution < -0.4 is 4.90 Å². The third kappa shape index (κ3) is 2.89. The summed E-state index contributed by atoms with van der Waals surface area (Å²) >= 11 is 1.49. The number of anilines is 1. The molecule has 0 saturated carbocycles. The van der Waals surface area contributed by atoms with Crippen molar-refractivity contribution in [3.05, 3.63) is 59.9 Å². The van der Waals surface area contributed by atoms with Crippen LogP contribution in [0.1, 0.15) is 16.2 Å². The summed E-state index contributed by atoms with van der Waals surface area (Å²) in [7, 11) is 1.73. The molecule has 1 amide bonds. The van der Waals surface area contributed by atoms with Crippen molar-refractivity contribution in [2.75, 3.05) is 11.9 Å². The smallest absolute Gasteiger partial charge is 0.259 e. The van der Waals surface area contributed by atoms with E-state index < -0.39 is 0 Å². The molecule has 2 aromatic heterocycles. The Kier molecular flexibility index (Phi) is 3.77. The molecule has 0 spiro atoms. The standard InChI is InChI=1S/C18H14N4O2S/c1-11-19-16(24-21-11)12-7-9-13(10-8-12)17(23)22(2)18-20-14-5-3-4-6-15(14)25-18/h3-10H,1-2H3. The quantitative estimate of drug-likeness (QED) is 0.560. The van der Waals surface area contributed by atoms with Crippen LogP contribution in [0.4, 0.5) is 5.13 Å². The SMILES string of the molecule is Cc1noc(-c2ccc(C(=O)N(C)c3nc4ccccc4s3)cc2)n1. The number of rotatable bonds is 3. The number of nitrogens with zero attached hydrogens (tertiary/aromatic N) is 4. The van der Waals surface area contributed by atoms with Crippen LogP contribution >= 0.6 is 11.3 Å². The van der Waals surface area contributed by atoms with Crippen LogP contribution in [-0.2, 0) is 0 Å². The number of carbonyl (C=O) groups excluding carboxylic acids is 1. The maximum Gasteiger partial charge on any atom is 0.259 e. The highest BCUT2D eigenvalue weighted by Gasteiger charge is 2.17. The molecular formula is C18H14N4O2S. The van der Waals surface area contributed by atoms with Crippen molar-refractivity contribution in [2.24, 2.45) is 0 Å². The van der Waals surface area contributed by atoms with Gasteiger partial charge >= 0.3 is 0 Å². The molecule has 4 rings (SSSR count). The zero-order valence-electron chi connectivity index (χ0n) is 13.6. The lowest BCUT2D eigenvalue weighted by Crippen LogP contribution is -2.25. The second-order valence-electron chi connectivity index (χ2n) is 5.55. The number of hydrogen-bond acceptors (Lipinski definition) is 6. The maximum atomic E-state index is 12.7. The molecule has 0 N–H and O–H groups in total. The van der Waals surface area contributed by atoms with Gasteiger partial charge in [0.25, 0.3) is 11.8 Å². The van der Waals surface area contributed by atoms with Crippen LogP contribution in [0, 0.1) is 6.92 Å². The molecule has 7 heteroatoms. The van der Waals surface area contributed by atoms with E-state index in [0.717, 1.165) is 15.8 Å². The normalized spacial score (nSPS) is 11.0. The molecule has 2 aromatic carbocycles. The van der Waals surface area contributed by atoms with Crippen molar-refractivity contribution >= 4 is 32.6 Å². The van der Waals surface area contributed by atoms with E-state index in [1.165, 1.54) is 11.3 Å². The van der Waals surface area contributed by atoms with E-state index in [-0.39, 0.29) is 5.91 Å². The van der Waals surface area contributed by atoms with E-state index in [2.05, 4.69) is 15.1 Å². The Hall–Kier alpha value is -3.06. The zero-order valence-corrected chi connectivity index (χ0v) is 14.4. The van der Waals surface area contributed by atoms with Gasteiger partial charge in [-0.3, -0.25) is 9.69 Å². The van der Waals surface area contributed by atoms with Gasteiger partial charge in [-0.15, -0.1) is 0 Å². The summed E-state index contributed by atoms with van der Waals surface area (Å²) in [6.07, 6.45) is 0.